The molecule has 0 aliphatic carbocycles. The number of carbonyl (C=O) groups excluding carboxylic acids is 2. The molecule has 0 saturated carbocycles. The number of ether oxygens (including phenoxy) is 2. The van der Waals surface area contributed by atoms with Crippen molar-refractivity contribution < 1.29 is 19.1 Å². The van der Waals surface area contributed by atoms with Gasteiger partial charge in [0.15, 0.2) is 6.61 Å². The Morgan fingerprint density at radius 2 is 1.91 bits per heavy atom. The van der Waals surface area contributed by atoms with Crippen molar-refractivity contribution in [3.05, 3.63) is 86.8 Å². The van der Waals surface area contributed by atoms with E-state index in [0.29, 0.717) is 27.7 Å². The Kier molecular flexibility index (Phi) is 7.51. The number of carbonyl (C=O) groups is 2. The number of amides is 1. The van der Waals surface area contributed by atoms with Gasteiger partial charge < -0.3 is 14.8 Å². The van der Waals surface area contributed by atoms with Crippen molar-refractivity contribution >= 4 is 33.9 Å². The van der Waals surface area contributed by atoms with Crippen LogP contribution in [0.25, 0.3) is 4.96 Å². The standard InChI is InChI=1S/C25H24N4O5S/c1-3-5-22-28-29-23(31)13-19(27-25(29)35-22)14-34-24(32)17-8-10-18(11-9-17)26-21(30)15-33-20-7-4-6-16(2)12-20/h4,6-13H,3,5,14-15H2,1-2H3,(H,26,30). The van der Waals surface area contributed by atoms with E-state index in [-0.39, 0.29) is 24.7 Å². The summed E-state index contributed by atoms with van der Waals surface area (Å²) in [6.45, 7) is 3.71. The summed E-state index contributed by atoms with van der Waals surface area (Å²) in [5, 5.41) is 7.81. The molecule has 0 bridgehead atoms. The first-order valence-electron chi connectivity index (χ1n) is 11.1. The number of nitrogens with zero attached hydrogens (tertiary/aromatic N) is 3. The quantitative estimate of drug-likeness (QED) is 0.354. The molecule has 0 spiro atoms. The molecule has 180 valence electrons. The molecule has 1 N–H and O–H groups in total. The zero-order valence-corrected chi connectivity index (χ0v) is 20.1. The molecule has 4 rings (SSSR count). The summed E-state index contributed by atoms with van der Waals surface area (Å²) in [5.41, 5.74) is 1.91. The molecule has 0 unspecified atom stereocenters. The number of hydrogen-bond donors (Lipinski definition) is 1. The molecule has 2 heterocycles. The van der Waals surface area contributed by atoms with E-state index in [4.69, 9.17) is 9.47 Å². The summed E-state index contributed by atoms with van der Waals surface area (Å²) in [4.78, 5) is 41.7. The Hall–Kier alpha value is -4.05. The topological polar surface area (TPSA) is 112 Å². The fourth-order valence-electron chi connectivity index (χ4n) is 3.25. The van der Waals surface area contributed by atoms with Gasteiger partial charge in [-0.25, -0.2) is 9.78 Å². The lowest BCUT2D eigenvalue weighted by molar-refractivity contribution is -0.118. The normalized spacial score (nSPS) is 10.8. The van der Waals surface area contributed by atoms with Crippen LogP contribution in [0.4, 0.5) is 5.69 Å². The molecular weight excluding hydrogens is 468 g/mol. The summed E-state index contributed by atoms with van der Waals surface area (Å²) in [6.07, 6.45) is 1.69. The Bertz CT molecular complexity index is 1410. The fraction of sp³-hybridized carbons (Fsp3) is 0.240. The first-order chi connectivity index (χ1) is 16.9. The van der Waals surface area contributed by atoms with Crippen molar-refractivity contribution in [3.63, 3.8) is 0 Å². The maximum absolute atomic E-state index is 12.4. The number of rotatable bonds is 9. The third-order valence-corrected chi connectivity index (χ3v) is 5.89. The molecule has 2 aromatic carbocycles. The van der Waals surface area contributed by atoms with E-state index >= 15 is 0 Å². The van der Waals surface area contributed by atoms with Crippen LogP contribution in [-0.4, -0.2) is 33.1 Å². The summed E-state index contributed by atoms with van der Waals surface area (Å²) < 4.78 is 12.1. The molecule has 0 aliphatic heterocycles. The minimum atomic E-state index is -0.566. The van der Waals surface area contributed by atoms with Crippen LogP contribution in [0.1, 0.15) is 40.0 Å². The molecule has 4 aromatic rings. The zero-order valence-electron chi connectivity index (χ0n) is 19.3. The first-order valence-corrected chi connectivity index (χ1v) is 11.9. The Morgan fingerprint density at radius 3 is 2.66 bits per heavy atom. The number of aryl methyl sites for hydroxylation is 2. The summed E-state index contributed by atoms with van der Waals surface area (Å²) >= 11 is 1.35. The number of benzene rings is 2. The van der Waals surface area contributed by atoms with Crippen LogP contribution in [0, 0.1) is 6.92 Å². The molecule has 10 heteroatoms. The van der Waals surface area contributed by atoms with Crippen LogP contribution in [0.2, 0.25) is 0 Å². The molecule has 35 heavy (non-hydrogen) atoms. The van der Waals surface area contributed by atoms with Crippen molar-refractivity contribution in [2.75, 3.05) is 11.9 Å². The summed E-state index contributed by atoms with van der Waals surface area (Å²) in [5.74, 6) is -0.269. The largest absolute Gasteiger partial charge is 0.484 e. The summed E-state index contributed by atoms with van der Waals surface area (Å²) in [7, 11) is 0. The second-order valence-corrected chi connectivity index (χ2v) is 8.87. The predicted molar refractivity (Wildman–Crippen MR) is 132 cm³/mol. The highest BCUT2D eigenvalue weighted by atomic mass is 32.1. The molecule has 0 atom stereocenters. The highest BCUT2D eigenvalue weighted by Crippen LogP contribution is 2.15. The molecule has 1 amide bonds. The highest BCUT2D eigenvalue weighted by Gasteiger charge is 2.12. The zero-order chi connectivity index (χ0) is 24.8. The molecule has 0 fully saturated rings. The third kappa shape index (κ3) is 6.30. The SMILES string of the molecule is CCCc1nn2c(=O)cc(COC(=O)c3ccc(NC(=O)COc4cccc(C)c4)cc3)nc2s1. The Labute approximate surface area is 205 Å². The minimum absolute atomic E-state index is 0.135. The van der Waals surface area contributed by atoms with Gasteiger partial charge in [-0.3, -0.25) is 9.59 Å². The van der Waals surface area contributed by atoms with E-state index in [2.05, 4.69) is 15.4 Å². The Balaban J connectivity index is 1.31. The van der Waals surface area contributed by atoms with Crippen molar-refractivity contribution in [2.45, 2.75) is 33.3 Å². The maximum atomic E-state index is 12.4. The number of fused-ring (bicyclic) bond motifs is 1. The Morgan fingerprint density at radius 1 is 1.11 bits per heavy atom. The molecule has 0 saturated heterocycles. The van der Waals surface area contributed by atoms with Gasteiger partial charge in [-0.15, -0.1) is 0 Å². The average molecular weight is 493 g/mol. The van der Waals surface area contributed by atoms with Crippen LogP contribution in [0.5, 0.6) is 5.75 Å². The number of hydrogen-bond acceptors (Lipinski definition) is 8. The van der Waals surface area contributed by atoms with E-state index in [1.54, 1.807) is 30.3 Å². The molecule has 9 nitrogen and oxygen atoms in total. The van der Waals surface area contributed by atoms with E-state index in [1.165, 1.54) is 21.9 Å². The van der Waals surface area contributed by atoms with Crippen molar-refractivity contribution in [1.82, 2.24) is 14.6 Å². The van der Waals surface area contributed by atoms with Gasteiger partial charge >= 0.3 is 5.97 Å². The smallest absolute Gasteiger partial charge is 0.338 e. The van der Waals surface area contributed by atoms with Gasteiger partial charge in [-0.2, -0.15) is 9.61 Å². The van der Waals surface area contributed by atoms with Crippen molar-refractivity contribution in [3.8, 4) is 5.75 Å². The first kappa shape index (κ1) is 24.1. The second-order valence-electron chi connectivity index (χ2n) is 7.83. The highest BCUT2D eigenvalue weighted by molar-refractivity contribution is 7.16. The van der Waals surface area contributed by atoms with Gasteiger partial charge in [0.05, 0.1) is 11.3 Å². The number of nitrogens with one attached hydrogen (secondary N) is 1. The third-order valence-electron chi connectivity index (χ3n) is 4.92. The number of anilines is 1. The predicted octanol–water partition coefficient (Wildman–Crippen LogP) is 3.79. The monoisotopic (exact) mass is 492 g/mol. The van der Waals surface area contributed by atoms with E-state index in [9.17, 15) is 14.4 Å². The molecule has 0 radical (unpaired) electrons. The van der Waals surface area contributed by atoms with Crippen LogP contribution in [-0.2, 0) is 22.6 Å². The van der Waals surface area contributed by atoms with Crippen LogP contribution >= 0.6 is 11.3 Å². The van der Waals surface area contributed by atoms with Crippen molar-refractivity contribution in [1.29, 1.82) is 0 Å². The molecule has 2 aromatic heterocycles. The molecular formula is C25H24N4O5S. The van der Waals surface area contributed by atoms with Gasteiger partial charge in [0.2, 0.25) is 4.96 Å². The van der Waals surface area contributed by atoms with Gasteiger partial charge in [-0.05, 0) is 55.3 Å². The molecule has 0 aliphatic rings. The summed E-state index contributed by atoms with van der Waals surface area (Å²) in [6, 6.07) is 15.0. The van der Waals surface area contributed by atoms with Gasteiger partial charge in [0.1, 0.15) is 17.4 Å². The van der Waals surface area contributed by atoms with Gasteiger partial charge in [0, 0.05) is 18.2 Å². The van der Waals surface area contributed by atoms with Crippen LogP contribution in [0.15, 0.2) is 59.4 Å². The van der Waals surface area contributed by atoms with Gasteiger partial charge in [-0.1, -0.05) is 30.4 Å². The van der Waals surface area contributed by atoms with E-state index < -0.39 is 5.97 Å². The number of aromatic nitrogens is 3. The lowest BCUT2D eigenvalue weighted by Crippen LogP contribution is -2.20. The van der Waals surface area contributed by atoms with Crippen LogP contribution < -0.4 is 15.6 Å². The van der Waals surface area contributed by atoms with E-state index in [1.807, 2.05) is 32.0 Å². The lowest BCUT2D eigenvalue weighted by Gasteiger charge is -2.09. The minimum Gasteiger partial charge on any atom is -0.484 e. The van der Waals surface area contributed by atoms with Crippen molar-refractivity contribution in [2.24, 2.45) is 0 Å². The average Bonchev–Trinajstić information content (AvgIpc) is 3.25. The lowest BCUT2D eigenvalue weighted by atomic mass is 10.2. The van der Waals surface area contributed by atoms with Gasteiger partial charge in [0.25, 0.3) is 11.5 Å². The second kappa shape index (κ2) is 10.9. The maximum Gasteiger partial charge on any atom is 0.338 e. The number of esters is 1. The van der Waals surface area contributed by atoms with E-state index in [0.717, 1.165) is 23.4 Å². The van der Waals surface area contributed by atoms with Crippen LogP contribution in [0.3, 0.4) is 0 Å². The fourth-order valence-corrected chi connectivity index (χ4v) is 4.27.